The van der Waals surface area contributed by atoms with Crippen LogP contribution in [0.15, 0.2) is 60.7 Å². The number of aromatic nitrogens is 2. The lowest BCUT2D eigenvalue weighted by molar-refractivity contribution is 0.449. The third-order valence-electron chi connectivity index (χ3n) is 5.21. The van der Waals surface area contributed by atoms with Gasteiger partial charge in [-0.3, -0.25) is 0 Å². The Balaban J connectivity index is 1.72. The van der Waals surface area contributed by atoms with E-state index >= 15 is 0 Å². The van der Waals surface area contributed by atoms with Gasteiger partial charge in [0.1, 0.15) is 34.5 Å². The van der Waals surface area contributed by atoms with E-state index in [1.54, 1.807) is 12.1 Å². The molecule has 0 saturated carbocycles. The lowest BCUT2D eigenvalue weighted by Crippen LogP contribution is -1.91. The van der Waals surface area contributed by atoms with Gasteiger partial charge in [-0.25, -0.2) is 9.97 Å². The average Bonchev–Trinajstić information content (AvgIpc) is 2.72. The van der Waals surface area contributed by atoms with E-state index in [-0.39, 0.29) is 34.5 Å². The molecule has 4 aromatic carbocycles. The maximum absolute atomic E-state index is 10.5. The van der Waals surface area contributed by atoms with Crippen molar-refractivity contribution < 1.29 is 30.6 Å². The molecular weight excluding hydrogens is 412 g/mol. The van der Waals surface area contributed by atoms with Crippen LogP contribution in [0.1, 0.15) is 0 Å². The molecule has 8 heteroatoms. The highest BCUT2D eigenvalue weighted by atomic mass is 16.3. The van der Waals surface area contributed by atoms with Crippen LogP contribution in [-0.4, -0.2) is 40.6 Å². The summed E-state index contributed by atoms with van der Waals surface area (Å²) < 4.78 is 0. The predicted octanol–water partition coefficient (Wildman–Crippen LogP) is 4.35. The smallest absolute Gasteiger partial charge is 0.127 e. The predicted molar refractivity (Wildman–Crippen MR) is 118 cm³/mol. The number of rotatable bonds is 2. The Bertz CT molecular complexity index is 1440. The molecule has 0 atom stereocenters. The maximum atomic E-state index is 10.5. The third kappa shape index (κ3) is 3.10. The minimum absolute atomic E-state index is 0.109. The lowest BCUT2D eigenvalue weighted by Gasteiger charge is -2.11. The zero-order valence-electron chi connectivity index (χ0n) is 16.4. The van der Waals surface area contributed by atoms with Crippen molar-refractivity contribution in [1.82, 2.24) is 9.97 Å². The summed E-state index contributed by atoms with van der Waals surface area (Å²) >= 11 is 0. The quantitative estimate of drug-likeness (QED) is 0.227. The number of hydrogen-bond donors (Lipinski definition) is 6. The molecule has 32 heavy (non-hydrogen) atoms. The molecule has 5 aromatic rings. The summed E-state index contributed by atoms with van der Waals surface area (Å²) in [7, 11) is 0. The highest BCUT2D eigenvalue weighted by Gasteiger charge is 2.16. The van der Waals surface area contributed by atoms with Crippen molar-refractivity contribution in [3.63, 3.8) is 0 Å². The van der Waals surface area contributed by atoms with Crippen LogP contribution >= 0.6 is 0 Å². The Morgan fingerprint density at radius 2 is 0.719 bits per heavy atom. The molecule has 1 aromatic heterocycles. The van der Waals surface area contributed by atoms with Gasteiger partial charge in [0, 0.05) is 46.5 Å². The van der Waals surface area contributed by atoms with Gasteiger partial charge in [-0.2, -0.15) is 0 Å². The second-order valence-electron chi connectivity index (χ2n) is 7.34. The summed E-state index contributed by atoms with van der Waals surface area (Å²) in [6.45, 7) is 0. The van der Waals surface area contributed by atoms with Crippen LogP contribution in [0, 0.1) is 0 Å². The van der Waals surface area contributed by atoms with Crippen molar-refractivity contribution in [3.8, 4) is 56.8 Å². The SMILES string of the molecule is Oc1ccc(-c2cc3nc4cc(-c5ccc(O)cc5O)c(O)cc4nc3cc2O)c(O)c1. The van der Waals surface area contributed by atoms with E-state index in [0.29, 0.717) is 44.3 Å². The van der Waals surface area contributed by atoms with E-state index in [4.69, 9.17) is 0 Å². The van der Waals surface area contributed by atoms with Gasteiger partial charge in [0.05, 0.1) is 22.1 Å². The number of hydrogen-bond acceptors (Lipinski definition) is 8. The summed E-state index contributed by atoms with van der Waals surface area (Å²) in [4.78, 5) is 9.03. The molecule has 0 bridgehead atoms. The first-order chi connectivity index (χ1) is 15.3. The Kier molecular flexibility index (Phi) is 4.16. The van der Waals surface area contributed by atoms with Crippen molar-refractivity contribution in [2.75, 3.05) is 0 Å². The van der Waals surface area contributed by atoms with Crippen LogP contribution in [0.5, 0.6) is 34.5 Å². The number of benzene rings is 4. The fourth-order valence-corrected chi connectivity index (χ4v) is 3.68. The molecule has 0 amide bonds. The zero-order valence-corrected chi connectivity index (χ0v) is 16.4. The van der Waals surface area contributed by atoms with Crippen LogP contribution in [0.4, 0.5) is 0 Å². The second kappa shape index (κ2) is 6.92. The molecule has 0 spiro atoms. The number of fused-ring (bicyclic) bond motifs is 2. The highest BCUT2D eigenvalue weighted by molar-refractivity contribution is 5.95. The molecule has 0 fully saturated rings. The van der Waals surface area contributed by atoms with Gasteiger partial charge >= 0.3 is 0 Å². The molecule has 0 aliphatic rings. The molecule has 8 nitrogen and oxygen atoms in total. The molecule has 0 aliphatic carbocycles. The normalized spacial score (nSPS) is 11.2. The van der Waals surface area contributed by atoms with Crippen LogP contribution in [0.25, 0.3) is 44.3 Å². The molecule has 0 saturated heterocycles. The van der Waals surface area contributed by atoms with E-state index in [1.165, 1.54) is 48.5 Å². The Hall–Kier alpha value is -4.72. The standard InChI is InChI=1S/C24H16N2O6/c27-11-1-3-13(21(29)5-11)15-7-17-19(9-23(15)31)26-20-10-24(32)16(8-18(20)25-17)14-4-2-12(28)6-22(14)30/h1-10,27-32H. The van der Waals surface area contributed by atoms with Crippen LogP contribution in [0.2, 0.25) is 0 Å². The third-order valence-corrected chi connectivity index (χ3v) is 5.21. The van der Waals surface area contributed by atoms with Gasteiger partial charge in [0.15, 0.2) is 0 Å². The van der Waals surface area contributed by atoms with Crippen molar-refractivity contribution >= 4 is 22.1 Å². The lowest BCUT2D eigenvalue weighted by atomic mass is 10.0. The van der Waals surface area contributed by atoms with Crippen LogP contribution < -0.4 is 0 Å². The maximum Gasteiger partial charge on any atom is 0.127 e. The van der Waals surface area contributed by atoms with Gasteiger partial charge in [0.2, 0.25) is 0 Å². The van der Waals surface area contributed by atoms with Crippen molar-refractivity contribution in [2.24, 2.45) is 0 Å². The fraction of sp³-hybridized carbons (Fsp3) is 0. The second-order valence-corrected chi connectivity index (χ2v) is 7.34. The van der Waals surface area contributed by atoms with E-state index < -0.39 is 0 Å². The van der Waals surface area contributed by atoms with E-state index in [9.17, 15) is 30.6 Å². The minimum atomic E-state index is -0.205. The van der Waals surface area contributed by atoms with E-state index in [0.717, 1.165) is 0 Å². The fourth-order valence-electron chi connectivity index (χ4n) is 3.68. The molecule has 0 unspecified atom stereocenters. The molecule has 6 N–H and O–H groups in total. The van der Waals surface area contributed by atoms with Gasteiger partial charge in [0.25, 0.3) is 0 Å². The first-order valence-electron chi connectivity index (χ1n) is 9.52. The van der Waals surface area contributed by atoms with Gasteiger partial charge in [-0.15, -0.1) is 0 Å². The van der Waals surface area contributed by atoms with Crippen molar-refractivity contribution in [1.29, 1.82) is 0 Å². The molecule has 0 aliphatic heterocycles. The summed E-state index contributed by atoms with van der Waals surface area (Å²) in [5.41, 5.74) is 2.81. The Morgan fingerprint density at radius 3 is 1.09 bits per heavy atom. The first-order valence-corrected chi connectivity index (χ1v) is 9.52. The van der Waals surface area contributed by atoms with Crippen molar-refractivity contribution in [3.05, 3.63) is 60.7 Å². The van der Waals surface area contributed by atoms with E-state index in [1.807, 2.05) is 0 Å². The van der Waals surface area contributed by atoms with E-state index in [2.05, 4.69) is 9.97 Å². The molecule has 158 valence electrons. The van der Waals surface area contributed by atoms with Crippen LogP contribution in [-0.2, 0) is 0 Å². The monoisotopic (exact) mass is 428 g/mol. The topological polar surface area (TPSA) is 147 Å². The summed E-state index contributed by atoms with van der Waals surface area (Å²) in [5.74, 6) is -0.903. The number of aromatic hydroxyl groups is 6. The highest BCUT2D eigenvalue weighted by Crippen LogP contribution is 2.41. The molecule has 0 radical (unpaired) electrons. The van der Waals surface area contributed by atoms with Crippen molar-refractivity contribution in [2.45, 2.75) is 0 Å². The number of nitrogens with zero attached hydrogens (tertiary/aromatic N) is 2. The average molecular weight is 428 g/mol. The number of phenolic OH excluding ortho intramolecular Hbond substituents is 6. The minimum Gasteiger partial charge on any atom is -0.508 e. The molecule has 1 heterocycles. The first kappa shape index (κ1) is 19.3. The van der Waals surface area contributed by atoms with Crippen LogP contribution in [0.3, 0.4) is 0 Å². The summed E-state index contributed by atoms with van der Waals surface area (Å²) in [5, 5.41) is 60.4. The van der Waals surface area contributed by atoms with Gasteiger partial charge < -0.3 is 30.6 Å². The molecule has 5 rings (SSSR count). The summed E-state index contributed by atoms with van der Waals surface area (Å²) in [6, 6.07) is 14.0. The Labute approximate surface area is 180 Å². The molecular formula is C24H16N2O6. The largest absolute Gasteiger partial charge is 0.508 e. The Morgan fingerprint density at radius 1 is 0.375 bits per heavy atom. The summed E-state index contributed by atoms with van der Waals surface area (Å²) in [6.07, 6.45) is 0. The van der Waals surface area contributed by atoms with Gasteiger partial charge in [-0.1, -0.05) is 0 Å². The zero-order chi connectivity index (χ0) is 22.6. The van der Waals surface area contributed by atoms with Gasteiger partial charge in [-0.05, 0) is 36.4 Å². The number of phenols is 6.